The number of hydrogen-bond acceptors (Lipinski definition) is 4. The van der Waals surface area contributed by atoms with Gasteiger partial charge in [0.1, 0.15) is 6.07 Å². The standard InChI is InChI=1S/C17H18N2OS/c1-21-17-9-5-8-16(15(17)12-18)19(10-11-20)13-14-6-3-2-4-7-14/h2-9,20H,10-11,13H2,1H3. The minimum Gasteiger partial charge on any atom is -0.395 e. The summed E-state index contributed by atoms with van der Waals surface area (Å²) in [6.07, 6.45) is 1.97. The number of anilines is 1. The fourth-order valence-electron chi connectivity index (χ4n) is 2.27. The van der Waals surface area contributed by atoms with Crippen LogP contribution in [-0.4, -0.2) is 24.5 Å². The van der Waals surface area contributed by atoms with Crippen LogP contribution in [-0.2, 0) is 6.54 Å². The maximum Gasteiger partial charge on any atom is 0.103 e. The molecule has 0 atom stereocenters. The highest BCUT2D eigenvalue weighted by atomic mass is 32.2. The van der Waals surface area contributed by atoms with E-state index in [9.17, 15) is 10.4 Å². The van der Waals surface area contributed by atoms with Crippen molar-refractivity contribution in [1.29, 1.82) is 5.26 Å². The van der Waals surface area contributed by atoms with Gasteiger partial charge in [-0.3, -0.25) is 0 Å². The van der Waals surface area contributed by atoms with E-state index < -0.39 is 0 Å². The maximum atomic E-state index is 9.46. The van der Waals surface area contributed by atoms with Crippen molar-refractivity contribution in [3.05, 3.63) is 59.7 Å². The monoisotopic (exact) mass is 298 g/mol. The fourth-order valence-corrected chi connectivity index (χ4v) is 2.84. The molecule has 0 heterocycles. The molecule has 0 aromatic heterocycles. The molecule has 0 fully saturated rings. The van der Waals surface area contributed by atoms with Crippen molar-refractivity contribution in [3.8, 4) is 6.07 Å². The van der Waals surface area contributed by atoms with E-state index in [0.717, 1.165) is 16.1 Å². The van der Waals surface area contributed by atoms with Crippen molar-refractivity contribution in [2.24, 2.45) is 0 Å². The van der Waals surface area contributed by atoms with Crippen LogP contribution in [0.1, 0.15) is 11.1 Å². The SMILES string of the molecule is CSc1cccc(N(CCO)Cc2ccccc2)c1C#N. The summed E-state index contributed by atoms with van der Waals surface area (Å²) in [5, 5.41) is 18.8. The lowest BCUT2D eigenvalue weighted by Gasteiger charge is -2.25. The number of aliphatic hydroxyl groups is 1. The van der Waals surface area contributed by atoms with Gasteiger partial charge in [0.2, 0.25) is 0 Å². The van der Waals surface area contributed by atoms with Crippen LogP contribution in [0, 0.1) is 11.3 Å². The highest BCUT2D eigenvalue weighted by Gasteiger charge is 2.14. The summed E-state index contributed by atoms with van der Waals surface area (Å²) in [5.41, 5.74) is 2.71. The molecular weight excluding hydrogens is 280 g/mol. The largest absolute Gasteiger partial charge is 0.395 e. The number of benzene rings is 2. The molecule has 0 aliphatic carbocycles. The van der Waals surface area contributed by atoms with Crippen molar-refractivity contribution in [1.82, 2.24) is 0 Å². The number of hydrogen-bond donors (Lipinski definition) is 1. The van der Waals surface area contributed by atoms with E-state index >= 15 is 0 Å². The fraction of sp³-hybridized carbons (Fsp3) is 0.235. The summed E-state index contributed by atoms with van der Waals surface area (Å²) in [6.45, 7) is 1.23. The first-order chi connectivity index (χ1) is 10.3. The second kappa shape index (κ2) is 7.72. The highest BCUT2D eigenvalue weighted by Crippen LogP contribution is 2.29. The van der Waals surface area contributed by atoms with Crippen molar-refractivity contribution in [2.75, 3.05) is 24.3 Å². The Morgan fingerprint density at radius 3 is 2.52 bits per heavy atom. The molecular formula is C17H18N2OS. The minimum atomic E-state index is 0.0567. The Hall–Kier alpha value is -1.96. The summed E-state index contributed by atoms with van der Waals surface area (Å²) < 4.78 is 0. The predicted molar refractivity (Wildman–Crippen MR) is 87.5 cm³/mol. The first-order valence-corrected chi connectivity index (χ1v) is 7.99. The lowest BCUT2D eigenvalue weighted by atomic mass is 10.1. The van der Waals surface area contributed by atoms with Crippen molar-refractivity contribution in [2.45, 2.75) is 11.4 Å². The van der Waals surface area contributed by atoms with Gasteiger partial charge < -0.3 is 10.0 Å². The van der Waals surface area contributed by atoms with Gasteiger partial charge in [-0.05, 0) is 24.0 Å². The molecule has 2 aromatic carbocycles. The molecule has 2 aromatic rings. The van der Waals surface area contributed by atoms with Gasteiger partial charge in [0.25, 0.3) is 0 Å². The molecule has 0 unspecified atom stereocenters. The van der Waals surface area contributed by atoms with E-state index in [1.54, 1.807) is 11.8 Å². The predicted octanol–water partition coefficient (Wildman–Crippen LogP) is 3.28. The molecule has 108 valence electrons. The Bertz CT molecular complexity index is 622. The van der Waals surface area contributed by atoms with Crippen LogP contribution in [0.3, 0.4) is 0 Å². The van der Waals surface area contributed by atoms with Crippen LogP contribution in [0.5, 0.6) is 0 Å². The van der Waals surface area contributed by atoms with E-state index in [4.69, 9.17) is 0 Å². The molecule has 0 saturated heterocycles. The molecule has 0 bridgehead atoms. The number of aliphatic hydroxyl groups excluding tert-OH is 1. The first kappa shape index (κ1) is 15.4. The molecule has 0 amide bonds. The summed E-state index contributed by atoms with van der Waals surface area (Å²) in [4.78, 5) is 3.01. The third-order valence-corrected chi connectivity index (χ3v) is 4.04. The van der Waals surface area contributed by atoms with E-state index in [0.29, 0.717) is 18.7 Å². The zero-order valence-corrected chi connectivity index (χ0v) is 12.8. The van der Waals surface area contributed by atoms with Gasteiger partial charge in [0.05, 0.1) is 17.9 Å². The molecule has 0 aliphatic rings. The number of thioether (sulfide) groups is 1. The lowest BCUT2D eigenvalue weighted by Crippen LogP contribution is -2.27. The second-order valence-electron chi connectivity index (χ2n) is 4.60. The zero-order valence-electron chi connectivity index (χ0n) is 12.0. The Balaban J connectivity index is 2.37. The van der Waals surface area contributed by atoms with Gasteiger partial charge in [-0.15, -0.1) is 11.8 Å². The maximum absolute atomic E-state index is 9.46. The van der Waals surface area contributed by atoms with E-state index in [1.807, 2.05) is 47.6 Å². The molecule has 21 heavy (non-hydrogen) atoms. The molecule has 0 saturated carbocycles. The van der Waals surface area contributed by atoms with Gasteiger partial charge in [0, 0.05) is 18.0 Å². The molecule has 0 aliphatic heterocycles. The normalized spacial score (nSPS) is 10.1. The number of nitrogens with zero attached hydrogens (tertiary/aromatic N) is 2. The van der Waals surface area contributed by atoms with Gasteiger partial charge in [-0.25, -0.2) is 0 Å². The molecule has 1 N–H and O–H groups in total. The average Bonchev–Trinajstić information content (AvgIpc) is 2.54. The highest BCUT2D eigenvalue weighted by molar-refractivity contribution is 7.98. The van der Waals surface area contributed by atoms with Crippen LogP contribution in [0.25, 0.3) is 0 Å². The van der Waals surface area contributed by atoms with Gasteiger partial charge in [-0.1, -0.05) is 36.4 Å². The third-order valence-electron chi connectivity index (χ3n) is 3.26. The molecule has 3 nitrogen and oxygen atoms in total. The minimum absolute atomic E-state index is 0.0567. The lowest BCUT2D eigenvalue weighted by molar-refractivity contribution is 0.301. The third kappa shape index (κ3) is 3.78. The van der Waals surface area contributed by atoms with E-state index in [-0.39, 0.29) is 6.61 Å². The Morgan fingerprint density at radius 2 is 1.90 bits per heavy atom. The van der Waals surface area contributed by atoms with Crippen LogP contribution in [0.4, 0.5) is 5.69 Å². The van der Waals surface area contributed by atoms with Crippen molar-refractivity contribution < 1.29 is 5.11 Å². The summed E-state index contributed by atoms with van der Waals surface area (Å²) in [6, 6.07) is 18.2. The molecule has 0 radical (unpaired) electrons. The number of rotatable bonds is 6. The quantitative estimate of drug-likeness (QED) is 0.831. The van der Waals surface area contributed by atoms with Gasteiger partial charge in [-0.2, -0.15) is 5.26 Å². The summed E-state index contributed by atoms with van der Waals surface area (Å²) in [7, 11) is 0. The molecule has 4 heteroatoms. The summed E-state index contributed by atoms with van der Waals surface area (Å²) in [5.74, 6) is 0. The van der Waals surface area contributed by atoms with Crippen LogP contribution >= 0.6 is 11.8 Å². The molecule has 2 rings (SSSR count). The molecule has 0 spiro atoms. The smallest absolute Gasteiger partial charge is 0.103 e. The van der Waals surface area contributed by atoms with Crippen LogP contribution in [0.15, 0.2) is 53.4 Å². The Morgan fingerprint density at radius 1 is 1.14 bits per heavy atom. The Labute approximate surface area is 129 Å². The van der Waals surface area contributed by atoms with E-state index in [1.165, 1.54) is 0 Å². The van der Waals surface area contributed by atoms with E-state index in [2.05, 4.69) is 18.2 Å². The average molecular weight is 298 g/mol. The van der Waals surface area contributed by atoms with Crippen molar-refractivity contribution in [3.63, 3.8) is 0 Å². The first-order valence-electron chi connectivity index (χ1n) is 6.77. The Kier molecular flexibility index (Phi) is 5.68. The van der Waals surface area contributed by atoms with Gasteiger partial charge in [0.15, 0.2) is 0 Å². The zero-order chi connectivity index (χ0) is 15.1. The topological polar surface area (TPSA) is 47.3 Å². The summed E-state index contributed by atoms with van der Waals surface area (Å²) >= 11 is 1.56. The van der Waals surface area contributed by atoms with Crippen molar-refractivity contribution >= 4 is 17.4 Å². The van der Waals surface area contributed by atoms with Crippen LogP contribution < -0.4 is 4.90 Å². The van der Waals surface area contributed by atoms with Gasteiger partial charge >= 0.3 is 0 Å². The van der Waals surface area contributed by atoms with Crippen LogP contribution in [0.2, 0.25) is 0 Å². The number of nitriles is 1. The second-order valence-corrected chi connectivity index (χ2v) is 5.45.